The van der Waals surface area contributed by atoms with Crippen LogP contribution in [0.15, 0.2) is 12.2 Å². The van der Waals surface area contributed by atoms with Crippen molar-refractivity contribution in [3.05, 3.63) is 12.2 Å². The molecule has 0 saturated carbocycles. The normalized spacial score (nSPS) is 44.0. The van der Waals surface area contributed by atoms with Gasteiger partial charge in [-0.2, -0.15) is 0 Å². The van der Waals surface area contributed by atoms with Crippen molar-refractivity contribution in [2.75, 3.05) is 51.8 Å². The van der Waals surface area contributed by atoms with Gasteiger partial charge in [-0.15, -0.1) is 11.8 Å². The number of ether oxygens (including phenoxy) is 3. The van der Waals surface area contributed by atoms with Crippen molar-refractivity contribution in [1.82, 2.24) is 15.5 Å². The standard InChI is InChI=1S/C29H49N3O7S/c1-17(2)12-18-6-9-38-26-20(13-18)14-30-22(26)28(36)31-21-5-3-4-19(15-32-7-10-37-11-8-32)16-40-29-25(35)23(33)24(34)27(21)39-29/h3-4,17-27,29-30,33-35H,5-16H2,1-2H3,(H,31,36)/b4-3-/t18-,19?,20-,21+,22-,23?,24?,25?,26+,27?,29?/m0/s1. The molecule has 4 fully saturated rings. The third kappa shape index (κ3) is 7.41. The van der Waals surface area contributed by atoms with E-state index in [1.807, 2.05) is 0 Å². The van der Waals surface area contributed by atoms with Crippen molar-refractivity contribution < 1.29 is 34.3 Å². The number of thioether (sulfide) groups is 1. The van der Waals surface area contributed by atoms with E-state index in [0.29, 0.717) is 36.5 Å². The summed E-state index contributed by atoms with van der Waals surface area (Å²) >= 11 is 1.46. The van der Waals surface area contributed by atoms with Gasteiger partial charge in [-0.1, -0.05) is 26.0 Å². The molecule has 11 heteroatoms. The molecule has 5 aliphatic rings. The van der Waals surface area contributed by atoms with Crippen molar-refractivity contribution >= 4 is 17.7 Å². The summed E-state index contributed by atoms with van der Waals surface area (Å²) in [5.74, 6) is 2.30. The van der Waals surface area contributed by atoms with Crippen LogP contribution in [-0.4, -0.2) is 126 Å². The molecule has 228 valence electrons. The van der Waals surface area contributed by atoms with Crippen LogP contribution >= 0.6 is 11.8 Å². The van der Waals surface area contributed by atoms with Crippen molar-refractivity contribution in [3.8, 4) is 0 Å². The van der Waals surface area contributed by atoms with Crippen LogP contribution in [0.5, 0.6) is 0 Å². The first-order valence-corrected chi connectivity index (χ1v) is 16.3. The molecule has 5 aliphatic heterocycles. The Hall–Kier alpha value is -0.760. The average Bonchev–Trinajstić information content (AvgIpc) is 3.22. The molecule has 2 bridgehead atoms. The number of rotatable bonds is 6. The summed E-state index contributed by atoms with van der Waals surface area (Å²) in [4.78, 5) is 16.1. The summed E-state index contributed by atoms with van der Waals surface area (Å²) in [5.41, 5.74) is -0.696. The second-order valence-corrected chi connectivity index (χ2v) is 13.9. The second-order valence-electron chi connectivity index (χ2n) is 12.7. The molecule has 10 nitrogen and oxygen atoms in total. The minimum Gasteiger partial charge on any atom is -0.388 e. The number of fused-ring (bicyclic) bond motifs is 3. The Morgan fingerprint density at radius 3 is 2.70 bits per heavy atom. The van der Waals surface area contributed by atoms with Gasteiger partial charge in [0.2, 0.25) is 5.91 Å². The van der Waals surface area contributed by atoms with E-state index in [1.165, 1.54) is 18.2 Å². The quantitative estimate of drug-likeness (QED) is 0.279. The molecule has 1 amide bonds. The maximum atomic E-state index is 13.7. The second kappa shape index (κ2) is 14.1. The molecule has 6 unspecified atom stereocenters. The molecular weight excluding hydrogens is 534 g/mol. The molecule has 0 aromatic rings. The molecule has 0 aliphatic carbocycles. The lowest BCUT2D eigenvalue weighted by Gasteiger charge is -2.44. The molecule has 0 aromatic heterocycles. The zero-order chi connectivity index (χ0) is 28.2. The van der Waals surface area contributed by atoms with E-state index < -0.39 is 41.9 Å². The number of aliphatic hydroxyl groups excluding tert-OH is 3. The summed E-state index contributed by atoms with van der Waals surface area (Å²) in [6.45, 7) is 10.0. The molecule has 4 saturated heterocycles. The maximum absolute atomic E-state index is 13.7. The third-order valence-corrected chi connectivity index (χ3v) is 10.5. The van der Waals surface area contributed by atoms with E-state index in [0.717, 1.165) is 52.2 Å². The Balaban J connectivity index is 1.28. The molecule has 0 aromatic carbocycles. The molecule has 5 rings (SSSR count). The van der Waals surface area contributed by atoms with Gasteiger partial charge < -0.3 is 40.2 Å². The predicted molar refractivity (Wildman–Crippen MR) is 153 cm³/mol. The van der Waals surface area contributed by atoms with Crippen molar-refractivity contribution in [2.45, 2.75) is 87.6 Å². The molecular formula is C29H49N3O7S. The van der Waals surface area contributed by atoms with Crippen molar-refractivity contribution in [2.24, 2.45) is 23.7 Å². The number of carbonyl (C=O) groups excluding carboxylic acids is 1. The number of hydrogen-bond acceptors (Lipinski definition) is 10. The smallest absolute Gasteiger partial charge is 0.240 e. The highest BCUT2D eigenvalue weighted by Gasteiger charge is 2.49. The van der Waals surface area contributed by atoms with Gasteiger partial charge in [0.05, 0.1) is 25.4 Å². The van der Waals surface area contributed by atoms with Crippen LogP contribution in [0.2, 0.25) is 0 Å². The summed E-state index contributed by atoms with van der Waals surface area (Å²) in [6.07, 6.45) is 3.05. The van der Waals surface area contributed by atoms with Crippen LogP contribution in [0.3, 0.4) is 0 Å². The number of hydrogen-bond donors (Lipinski definition) is 5. The highest BCUT2D eigenvalue weighted by molar-refractivity contribution is 7.99. The van der Waals surface area contributed by atoms with Gasteiger partial charge in [-0.05, 0) is 49.4 Å². The Morgan fingerprint density at radius 1 is 1.12 bits per heavy atom. The van der Waals surface area contributed by atoms with E-state index in [4.69, 9.17) is 14.2 Å². The van der Waals surface area contributed by atoms with Gasteiger partial charge in [0.15, 0.2) is 0 Å². The van der Waals surface area contributed by atoms with Crippen LogP contribution in [0, 0.1) is 23.7 Å². The van der Waals surface area contributed by atoms with Crippen LogP contribution < -0.4 is 10.6 Å². The summed E-state index contributed by atoms with van der Waals surface area (Å²) in [6, 6.07) is -1.04. The maximum Gasteiger partial charge on any atom is 0.240 e. The topological polar surface area (TPSA) is 133 Å². The number of morpholine rings is 1. The van der Waals surface area contributed by atoms with E-state index in [-0.39, 0.29) is 17.9 Å². The number of aliphatic hydroxyl groups is 3. The predicted octanol–water partition coefficient (Wildman–Crippen LogP) is 0.350. The van der Waals surface area contributed by atoms with Crippen LogP contribution in [0.25, 0.3) is 0 Å². The minimum absolute atomic E-state index is 0.171. The minimum atomic E-state index is -1.35. The van der Waals surface area contributed by atoms with Gasteiger partial charge in [0.1, 0.15) is 35.9 Å². The largest absolute Gasteiger partial charge is 0.388 e. The van der Waals surface area contributed by atoms with Crippen LogP contribution in [0.1, 0.15) is 39.5 Å². The number of amides is 1. The van der Waals surface area contributed by atoms with Crippen molar-refractivity contribution in [1.29, 1.82) is 0 Å². The van der Waals surface area contributed by atoms with E-state index in [2.05, 4.69) is 41.5 Å². The first-order chi connectivity index (χ1) is 19.3. The van der Waals surface area contributed by atoms with Gasteiger partial charge in [0.25, 0.3) is 0 Å². The first-order valence-electron chi connectivity index (χ1n) is 15.2. The molecule has 0 radical (unpaired) electrons. The molecule has 0 spiro atoms. The van der Waals surface area contributed by atoms with E-state index in [1.54, 1.807) is 0 Å². The van der Waals surface area contributed by atoms with E-state index >= 15 is 0 Å². The van der Waals surface area contributed by atoms with Crippen LogP contribution in [0.4, 0.5) is 0 Å². The Kier molecular flexibility index (Phi) is 10.8. The number of nitrogens with one attached hydrogen (secondary N) is 2. The van der Waals surface area contributed by atoms with Gasteiger partial charge in [0, 0.05) is 38.5 Å². The van der Waals surface area contributed by atoms with Gasteiger partial charge >= 0.3 is 0 Å². The summed E-state index contributed by atoms with van der Waals surface area (Å²) in [7, 11) is 0. The fourth-order valence-corrected chi connectivity index (χ4v) is 8.30. The number of nitrogens with zero attached hydrogens (tertiary/aromatic N) is 1. The lowest BCUT2D eigenvalue weighted by Crippen LogP contribution is -2.64. The molecule has 11 atom stereocenters. The Bertz CT molecular complexity index is 859. The van der Waals surface area contributed by atoms with E-state index in [9.17, 15) is 20.1 Å². The van der Waals surface area contributed by atoms with Gasteiger partial charge in [-0.25, -0.2) is 0 Å². The first kappa shape index (κ1) is 30.7. The lowest BCUT2D eigenvalue weighted by molar-refractivity contribution is -0.205. The fraction of sp³-hybridized carbons (Fsp3) is 0.897. The fourth-order valence-electron chi connectivity index (χ4n) is 7.08. The highest BCUT2D eigenvalue weighted by atomic mass is 32.2. The summed E-state index contributed by atoms with van der Waals surface area (Å²) < 4.78 is 18.0. The molecule has 40 heavy (non-hydrogen) atoms. The Labute approximate surface area is 242 Å². The van der Waals surface area contributed by atoms with Crippen LogP contribution in [-0.2, 0) is 19.0 Å². The summed E-state index contributed by atoms with van der Waals surface area (Å²) in [5, 5.41) is 38.9. The van der Waals surface area contributed by atoms with Crippen molar-refractivity contribution in [3.63, 3.8) is 0 Å². The zero-order valence-corrected chi connectivity index (χ0v) is 24.7. The SMILES string of the molecule is CC(C)C[C@@H]1CCO[C@@H]2[C@H](CN[C@@H]2C(=O)N[C@@H]2C/C=C\C(CN3CCOCC3)CSC3OC2C(O)C(O)C3O)C1. The molecule has 5 heterocycles. The zero-order valence-electron chi connectivity index (χ0n) is 23.9. The Morgan fingerprint density at radius 2 is 1.93 bits per heavy atom. The highest BCUT2D eigenvalue weighted by Crippen LogP contribution is 2.35. The lowest BCUT2D eigenvalue weighted by atomic mass is 9.85. The number of carbonyl (C=O) groups is 1. The average molecular weight is 584 g/mol. The molecule has 5 N–H and O–H groups in total. The van der Waals surface area contributed by atoms with Gasteiger partial charge in [-0.3, -0.25) is 9.69 Å². The monoisotopic (exact) mass is 583 g/mol. The third-order valence-electron chi connectivity index (χ3n) is 9.15.